The van der Waals surface area contributed by atoms with Crippen LogP contribution in [0.5, 0.6) is 0 Å². The van der Waals surface area contributed by atoms with Crippen LogP contribution < -0.4 is 9.80 Å². The molecule has 0 saturated carbocycles. The fourth-order valence-corrected chi connectivity index (χ4v) is 4.68. The topological polar surface area (TPSA) is 48.3 Å². The van der Waals surface area contributed by atoms with Gasteiger partial charge in [0.15, 0.2) is 0 Å². The third-order valence-electron chi connectivity index (χ3n) is 6.35. The lowest BCUT2D eigenvalue weighted by atomic mass is 10.0. The van der Waals surface area contributed by atoms with Gasteiger partial charge in [-0.2, -0.15) is 0 Å². The van der Waals surface area contributed by atoms with E-state index in [1.54, 1.807) is 9.80 Å². The van der Waals surface area contributed by atoms with Crippen LogP contribution in [0.4, 0.5) is 14.9 Å². The molecule has 7 heteroatoms. The van der Waals surface area contributed by atoms with Gasteiger partial charge in [-0.3, -0.25) is 9.69 Å². The Labute approximate surface area is 165 Å². The van der Waals surface area contributed by atoms with Crippen molar-refractivity contribution in [1.82, 2.24) is 9.80 Å². The summed E-state index contributed by atoms with van der Waals surface area (Å²) < 4.78 is 13.1. The van der Waals surface area contributed by atoms with Gasteiger partial charge in [0.05, 0.1) is 32.7 Å². The summed E-state index contributed by atoms with van der Waals surface area (Å²) in [6, 6.07) is 6.46. The highest BCUT2D eigenvalue weighted by atomic mass is 19.1. The van der Waals surface area contributed by atoms with Crippen LogP contribution in [0.3, 0.4) is 0 Å². The quantitative estimate of drug-likeness (QED) is 0.586. The molecular formula is C21H30FN4O2+. The number of carbonyl (C=O) groups excluding carboxylic acids is 2. The molecule has 1 aromatic carbocycles. The molecule has 0 unspecified atom stereocenters. The molecule has 3 heterocycles. The number of rotatable bonds is 6. The van der Waals surface area contributed by atoms with Crippen molar-refractivity contribution in [3.63, 3.8) is 0 Å². The summed E-state index contributed by atoms with van der Waals surface area (Å²) in [4.78, 5) is 32.0. The number of piperidine rings is 1. The van der Waals surface area contributed by atoms with Crippen molar-refractivity contribution in [1.29, 1.82) is 0 Å². The van der Waals surface area contributed by atoms with Crippen molar-refractivity contribution >= 4 is 17.6 Å². The Morgan fingerprint density at radius 3 is 2.46 bits per heavy atom. The minimum absolute atomic E-state index is 0.0185. The zero-order chi connectivity index (χ0) is 19.5. The summed E-state index contributed by atoms with van der Waals surface area (Å²) >= 11 is 0. The lowest BCUT2D eigenvalue weighted by molar-refractivity contribution is -0.900. The number of unbranched alkanes of at least 4 members (excludes halogenated alkanes) is 1. The summed E-state index contributed by atoms with van der Waals surface area (Å²) in [7, 11) is 0. The highest BCUT2D eigenvalue weighted by Gasteiger charge is 2.45. The van der Waals surface area contributed by atoms with Gasteiger partial charge in [0.2, 0.25) is 0 Å². The molecule has 3 fully saturated rings. The summed E-state index contributed by atoms with van der Waals surface area (Å²) in [5.41, 5.74) is 1.09. The predicted molar refractivity (Wildman–Crippen MR) is 105 cm³/mol. The van der Waals surface area contributed by atoms with Gasteiger partial charge >= 0.3 is 6.03 Å². The van der Waals surface area contributed by atoms with Gasteiger partial charge < -0.3 is 14.7 Å². The van der Waals surface area contributed by atoms with E-state index in [2.05, 4.69) is 4.90 Å². The summed E-state index contributed by atoms with van der Waals surface area (Å²) in [5.74, 6) is -0.177. The number of hydrogen-bond acceptors (Lipinski definition) is 3. The second-order valence-corrected chi connectivity index (χ2v) is 8.15. The van der Waals surface area contributed by atoms with E-state index >= 15 is 0 Å². The molecule has 3 saturated heterocycles. The third-order valence-corrected chi connectivity index (χ3v) is 6.35. The number of anilines is 1. The number of nitrogens with zero attached hydrogens (tertiary/aromatic N) is 3. The first-order valence-corrected chi connectivity index (χ1v) is 10.6. The molecular weight excluding hydrogens is 359 g/mol. The van der Waals surface area contributed by atoms with Gasteiger partial charge in [-0.15, -0.1) is 0 Å². The molecule has 0 aliphatic carbocycles. The zero-order valence-corrected chi connectivity index (χ0v) is 16.4. The van der Waals surface area contributed by atoms with Crippen LogP contribution in [0.25, 0.3) is 0 Å². The average molecular weight is 389 g/mol. The molecule has 3 aliphatic heterocycles. The van der Waals surface area contributed by atoms with Crippen LogP contribution in [0.15, 0.2) is 24.3 Å². The maximum absolute atomic E-state index is 13.1. The SMILES string of the molecule is O=C1[C@H]2CCCCN2C(=O)N1CCCC[NH+]1CCN(c2ccc(F)cc2)CC1. The number of fused-ring (bicyclic) bond motifs is 1. The van der Waals surface area contributed by atoms with Crippen molar-refractivity contribution in [2.24, 2.45) is 0 Å². The van der Waals surface area contributed by atoms with Crippen LogP contribution in [-0.2, 0) is 4.79 Å². The Kier molecular flexibility index (Phi) is 5.80. The first-order valence-electron chi connectivity index (χ1n) is 10.6. The first kappa shape index (κ1) is 19.2. The molecule has 0 radical (unpaired) electrons. The molecule has 1 N–H and O–H groups in total. The third kappa shape index (κ3) is 3.99. The number of piperazine rings is 1. The average Bonchev–Trinajstić information content (AvgIpc) is 2.97. The zero-order valence-electron chi connectivity index (χ0n) is 16.4. The van der Waals surface area contributed by atoms with Crippen LogP contribution in [0.2, 0.25) is 0 Å². The van der Waals surface area contributed by atoms with Crippen LogP contribution >= 0.6 is 0 Å². The Morgan fingerprint density at radius 2 is 1.75 bits per heavy atom. The minimum Gasteiger partial charge on any atom is -0.360 e. The van der Waals surface area contributed by atoms with Crippen molar-refractivity contribution in [2.75, 3.05) is 50.7 Å². The van der Waals surface area contributed by atoms with Gasteiger partial charge in [0.1, 0.15) is 11.9 Å². The van der Waals surface area contributed by atoms with Gasteiger partial charge in [0.25, 0.3) is 5.91 Å². The van der Waals surface area contributed by atoms with E-state index in [0.29, 0.717) is 6.54 Å². The Hall–Kier alpha value is -2.15. The normalized spacial score (nSPS) is 23.5. The second kappa shape index (κ2) is 8.47. The lowest BCUT2D eigenvalue weighted by Crippen LogP contribution is -3.14. The van der Waals surface area contributed by atoms with E-state index in [9.17, 15) is 14.0 Å². The van der Waals surface area contributed by atoms with E-state index < -0.39 is 0 Å². The Morgan fingerprint density at radius 1 is 1.00 bits per heavy atom. The van der Waals surface area contributed by atoms with E-state index in [1.165, 1.54) is 17.0 Å². The molecule has 1 aromatic rings. The maximum Gasteiger partial charge on any atom is 0.327 e. The molecule has 28 heavy (non-hydrogen) atoms. The standard InChI is InChI=1S/C21H29FN4O2/c22-17-6-8-18(9-7-17)24-15-13-23(14-16-24)10-3-4-12-26-20(27)19-5-1-2-11-25(19)21(26)28/h6-9,19H,1-5,10-16H2/p+1/t19-/m1/s1. The minimum atomic E-state index is -0.195. The van der Waals surface area contributed by atoms with E-state index in [4.69, 9.17) is 0 Å². The Balaban J connectivity index is 1.17. The molecule has 1 atom stereocenters. The van der Waals surface area contributed by atoms with Gasteiger partial charge in [-0.1, -0.05) is 0 Å². The molecule has 4 rings (SSSR count). The number of halogens is 1. The fraction of sp³-hybridized carbons (Fsp3) is 0.619. The molecule has 3 aliphatic rings. The highest BCUT2D eigenvalue weighted by Crippen LogP contribution is 2.26. The maximum atomic E-state index is 13.1. The number of imide groups is 1. The fourth-order valence-electron chi connectivity index (χ4n) is 4.68. The van der Waals surface area contributed by atoms with Crippen LogP contribution in [-0.4, -0.2) is 73.6 Å². The molecule has 6 nitrogen and oxygen atoms in total. The molecule has 3 amide bonds. The molecule has 0 aromatic heterocycles. The molecule has 0 bridgehead atoms. The number of urea groups is 1. The predicted octanol–water partition coefficient (Wildman–Crippen LogP) is 1.13. The number of nitrogens with one attached hydrogen (secondary N) is 1. The van der Waals surface area contributed by atoms with Crippen LogP contribution in [0.1, 0.15) is 32.1 Å². The van der Waals surface area contributed by atoms with E-state index in [0.717, 1.165) is 77.1 Å². The summed E-state index contributed by atoms with van der Waals surface area (Å²) in [6.07, 6.45) is 4.78. The number of hydrogen-bond donors (Lipinski definition) is 1. The number of carbonyl (C=O) groups is 2. The van der Waals surface area contributed by atoms with Crippen LogP contribution in [0, 0.1) is 5.82 Å². The van der Waals surface area contributed by atoms with E-state index in [1.807, 2.05) is 12.1 Å². The molecule has 152 valence electrons. The highest BCUT2D eigenvalue weighted by molar-refractivity contribution is 6.04. The van der Waals surface area contributed by atoms with E-state index in [-0.39, 0.29) is 23.8 Å². The Bertz CT molecular complexity index is 679. The van der Waals surface area contributed by atoms with Gasteiger partial charge in [0, 0.05) is 18.8 Å². The van der Waals surface area contributed by atoms with Crippen molar-refractivity contribution in [3.05, 3.63) is 30.1 Å². The lowest BCUT2D eigenvalue weighted by Gasteiger charge is -2.33. The number of amides is 3. The van der Waals surface area contributed by atoms with Crippen molar-refractivity contribution < 1.29 is 18.9 Å². The first-order chi connectivity index (χ1) is 13.6. The summed E-state index contributed by atoms with van der Waals surface area (Å²) in [5, 5.41) is 0. The monoisotopic (exact) mass is 389 g/mol. The summed E-state index contributed by atoms with van der Waals surface area (Å²) in [6.45, 7) is 6.43. The van der Waals surface area contributed by atoms with Crippen molar-refractivity contribution in [2.45, 2.75) is 38.1 Å². The largest absolute Gasteiger partial charge is 0.360 e. The van der Waals surface area contributed by atoms with Gasteiger partial charge in [-0.05, 0) is 56.4 Å². The van der Waals surface area contributed by atoms with Gasteiger partial charge in [-0.25, -0.2) is 9.18 Å². The van der Waals surface area contributed by atoms with Crippen molar-refractivity contribution in [3.8, 4) is 0 Å². The smallest absolute Gasteiger partial charge is 0.327 e. The molecule has 0 spiro atoms. The number of benzene rings is 1. The number of quaternary nitrogens is 1. The second-order valence-electron chi connectivity index (χ2n) is 8.15.